The molecule has 3 aromatic rings. The lowest BCUT2D eigenvalue weighted by molar-refractivity contribution is -0.141. The van der Waals surface area contributed by atoms with Gasteiger partial charge in [-0.2, -0.15) is 0 Å². The molecule has 0 radical (unpaired) electrons. The number of carboxylic acid groups (broad SMARTS) is 1. The van der Waals surface area contributed by atoms with Crippen LogP contribution in [0, 0.1) is 0 Å². The molecule has 0 aliphatic rings. The monoisotopic (exact) mass is 417 g/mol. The van der Waals surface area contributed by atoms with Crippen LogP contribution in [0.3, 0.4) is 0 Å². The fourth-order valence-electron chi connectivity index (χ4n) is 3.11. The zero-order valence-corrected chi connectivity index (χ0v) is 16.7. The minimum Gasteiger partial charge on any atom is -0.495 e. The number of methoxy groups -OCH3 is 2. The Balaban J connectivity index is 2.18. The number of halogens is 1. The van der Waals surface area contributed by atoms with E-state index < -0.39 is 17.6 Å². The van der Waals surface area contributed by atoms with Gasteiger partial charge in [0, 0.05) is 54.7 Å². The standard InChI is InChI=1S/C20H20ClN3O5/c1-28-8-5-17(20(26)27)24-11-18(29-2)15(10-19(24)25)14-9-13(21)3-4-16(14)23-7-6-22-12-23/h3-4,6-7,9-12,17H,5,8H2,1-2H3,(H,26,27). The highest BCUT2D eigenvalue weighted by atomic mass is 35.5. The van der Waals surface area contributed by atoms with Gasteiger partial charge in [0.25, 0.3) is 5.56 Å². The van der Waals surface area contributed by atoms with Crippen molar-refractivity contribution < 1.29 is 19.4 Å². The summed E-state index contributed by atoms with van der Waals surface area (Å²) in [6.45, 7) is 0.201. The number of imidazole rings is 1. The van der Waals surface area contributed by atoms with Crippen LogP contribution < -0.4 is 10.3 Å². The number of aromatic nitrogens is 3. The number of hydrogen-bond acceptors (Lipinski definition) is 5. The molecule has 8 nitrogen and oxygen atoms in total. The van der Waals surface area contributed by atoms with Gasteiger partial charge in [0.15, 0.2) is 0 Å². The number of carbonyl (C=O) groups is 1. The molecule has 152 valence electrons. The number of nitrogens with zero attached hydrogens (tertiary/aromatic N) is 3. The molecular weight excluding hydrogens is 398 g/mol. The number of rotatable bonds is 8. The molecule has 0 aliphatic heterocycles. The van der Waals surface area contributed by atoms with Gasteiger partial charge in [-0.15, -0.1) is 0 Å². The van der Waals surface area contributed by atoms with E-state index in [1.54, 1.807) is 35.4 Å². The van der Waals surface area contributed by atoms with E-state index >= 15 is 0 Å². The molecule has 1 N–H and O–H groups in total. The second-order valence-electron chi connectivity index (χ2n) is 6.27. The smallest absolute Gasteiger partial charge is 0.326 e. The normalized spacial score (nSPS) is 12.0. The molecule has 0 spiro atoms. The third kappa shape index (κ3) is 4.33. The van der Waals surface area contributed by atoms with Gasteiger partial charge >= 0.3 is 5.97 Å². The van der Waals surface area contributed by atoms with E-state index in [2.05, 4.69) is 4.98 Å². The van der Waals surface area contributed by atoms with Crippen molar-refractivity contribution in [3.8, 4) is 22.6 Å². The van der Waals surface area contributed by atoms with E-state index in [0.29, 0.717) is 21.9 Å². The Bertz CT molecular complexity index is 1060. The summed E-state index contributed by atoms with van der Waals surface area (Å²) >= 11 is 6.20. The molecule has 0 saturated heterocycles. The van der Waals surface area contributed by atoms with Crippen LogP contribution in [0.4, 0.5) is 0 Å². The Labute approximate surface area is 171 Å². The van der Waals surface area contributed by atoms with E-state index in [-0.39, 0.29) is 13.0 Å². The summed E-state index contributed by atoms with van der Waals surface area (Å²) < 4.78 is 13.4. The van der Waals surface area contributed by atoms with Crippen LogP contribution in [0.25, 0.3) is 16.8 Å². The first kappa shape index (κ1) is 20.6. The Hall–Kier alpha value is -3.10. The van der Waals surface area contributed by atoms with Crippen molar-refractivity contribution >= 4 is 17.6 Å². The molecule has 0 saturated carbocycles. The molecule has 2 aromatic heterocycles. The zero-order chi connectivity index (χ0) is 21.0. The maximum absolute atomic E-state index is 12.8. The van der Waals surface area contributed by atoms with Crippen LogP contribution in [-0.4, -0.2) is 46.0 Å². The van der Waals surface area contributed by atoms with Crippen molar-refractivity contribution in [2.75, 3.05) is 20.8 Å². The average molecular weight is 418 g/mol. The number of carboxylic acids is 1. The molecule has 0 amide bonds. The summed E-state index contributed by atoms with van der Waals surface area (Å²) in [6.07, 6.45) is 6.59. The van der Waals surface area contributed by atoms with Crippen molar-refractivity contribution in [3.05, 3.63) is 64.6 Å². The minimum absolute atomic E-state index is 0.145. The molecular formula is C20H20ClN3O5. The molecule has 2 heterocycles. The molecule has 1 unspecified atom stereocenters. The first-order valence-corrected chi connectivity index (χ1v) is 9.14. The van der Waals surface area contributed by atoms with Gasteiger partial charge < -0.3 is 19.1 Å². The van der Waals surface area contributed by atoms with E-state index in [0.717, 1.165) is 10.3 Å². The second kappa shape index (κ2) is 8.93. The van der Waals surface area contributed by atoms with Gasteiger partial charge in [-0.25, -0.2) is 9.78 Å². The maximum Gasteiger partial charge on any atom is 0.326 e. The van der Waals surface area contributed by atoms with Gasteiger partial charge in [0.1, 0.15) is 11.8 Å². The largest absolute Gasteiger partial charge is 0.495 e. The fraction of sp³-hybridized carbons (Fsp3) is 0.250. The third-order valence-corrected chi connectivity index (χ3v) is 4.75. The van der Waals surface area contributed by atoms with Crippen LogP contribution in [0.1, 0.15) is 12.5 Å². The van der Waals surface area contributed by atoms with Crippen LogP contribution in [0.2, 0.25) is 5.02 Å². The summed E-state index contributed by atoms with van der Waals surface area (Å²) in [5.74, 6) is -0.780. The van der Waals surface area contributed by atoms with E-state index in [1.165, 1.54) is 26.5 Å². The van der Waals surface area contributed by atoms with Gasteiger partial charge in [-0.05, 0) is 18.2 Å². The number of hydrogen-bond donors (Lipinski definition) is 1. The summed E-state index contributed by atoms with van der Waals surface area (Å²) in [6, 6.07) is 5.55. The molecule has 29 heavy (non-hydrogen) atoms. The van der Waals surface area contributed by atoms with Crippen molar-refractivity contribution in [2.24, 2.45) is 0 Å². The quantitative estimate of drug-likeness (QED) is 0.605. The Morgan fingerprint density at radius 1 is 1.28 bits per heavy atom. The molecule has 3 rings (SSSR count). The average Bonchev–Trinajstić information content (AvgIpc) is 3.23. The Morgan fingerprint density at radius 2 is 2.07 bits per heavy atom. The van der Waals surface area contributed by atoms with Gasteiger partial charge in [0.05, 0.1) is 25.3 Å². The van der Waals surface area contributed by atoms with E-state index in [1.807, 2.05) is 6.07 Å². The highest BCUT2D eigenvalue weighted by Gasteiger charge is 2.23. The number of pyridine rings is 1. The summed E-state index contributed by atoms with van der Waals surface area (Å²) in [4.78, 5) is 28.6. The lowest BCUT2D eigenvalue weighted by atomic mass is 10.0. The number of benzene rings is 1. The number of ether oxygens (including phenoxy) is 2. The minimum atomic E-state index is -1.12. The predicted molar refractivity (Wildman–Crippen MR) is 108 cm³/mol. The van der Waals surface area contributed by atoms with Crippen molar-refractivity contribution in [2.45, 2.75) is 12.5 Å². The van der Waals surface area contributed by atoms with Crippen LogP contribution in [0.5, 0.6) is 5.75 Å². The Morgan fingerprint density at radius 3 is 2.69 bits per heavy atom. The zero-order valence-electron chi connectivity index (χ0n) is 15.9. The molecule has 0 aliphatic carbocycles. The second-order valence-corrected chi connectivity index (χ2v) is 6.70. The lowest BCUT2D eigenvalue weighted by Gasteiger charge is -2.19. The van der Waals surface area contributed by atoms with Crippen molar-refractivity contribution in [1.29, 1.82) is 0 Å². The SMILES string of the molecule is COCCC(C(=O)O)n1cc(OC)c(-c2cc(Cl)ccc2-n2ccnc2)cc1=O. The van der Waals surface area contributed by atoms with Crippen LogP contribution in [-0.2, 0) is 9.53 Å². The molecule has 0 bridgehead atoms. The van der Waals surface area contributed by atoms with Gasteiger partial charge in [-0.1, -0.05) is 11.6 Å². The van der Waals surface area contributed by atoms with Crippen molar-refractivity contribution in [3.63, 3.8) is 0 Å². The highest BCUT2D eigenvalue weighted by Crippen LogP contribution is 2.35. The van der Waals surface area contributed by atoms with Crippen LogP contribution >= 0.6 is 11.6 Å². The Kier molecular flexibility index (Phi) is 6.36. The third-order valence-electron chi connectivity index (χ3n) is 4.51. The molecule has 9 heteroatoms. The lowest BCUT2D eigenvalue weighted by Crippen LogP contribution is -2.30. The molecule has 1 atom stereocenters. The predicted octanol–water partition coefficient (Wildman–Crippen LogP) is 3.03. The number of aliphatic carboxylic acids is 1. The first-order valence-electron chi connectivity index (χ1n) is 8.76. The molecule has 0 fully saturated rings. The maximum atomic E-state index is 12.8. The summed E-state index contributed by atoms with van der Waals surface area (Å²) in [5, 5.41) is 10.0. The summed E-state index contributed by atoms with van der Waals surface area (Å²) in [5.41, 5.74) is 1.42. The van der Waals surface area contributed by atoms with Gasteiger partial charge in [-0.3, -0.25) is 9.36 Å². The van der Waals surface area contributed by atoms with E-state index in [9.17, 15) is 14.7 Å². The summed E-state index contributed by atoms with van der Waals surface area (Å²) in [7, 11) is 2.93. The first-order chi connectivity index (χ1) is 14.0. The molecule has 1 aromatic carbocycles. The van der Waals surface area contributed by atoms with Gasteiger partial charge in [0.2, 0.25) is 0 Å². The van der Waals surface area contributed by atoms with E-state index in [4.69, 9.17) is 21.1 Å². The highest BCUT2D eigenvalue weighted by molar-refractivity contribution is 6.31. The van der Waals surface area contributed by atoms with Crippen LogP contribution in [0.15, 0.2) is 54.0 Å². The van der Waals surface area contributed by atoms with Crippen molar-refractivity contribution in [1.82, 2.24) is 14.1 Å². The fourth-order valence-corrected chi connectivity index (χ4v) is 3.28. The topological polar surface area (TPSA) is 95.6 Å².